The number of amides is 2. The topological polar surface area (TPSA) is 44.4 Å². The minimum Gasteiger partial charge on any atom is -0.372 e. The summed E-state index contributed by atoms with van der Waals surface area (Å²) >= 11 is 12.0. The Kier molecular flexibility index (Phi) is 6.05. The molecule has 2 amide bonds. The molecule has 0 saturated carbocycles. The van der Waals surface area contributed by atoms with Crippen molar-refractivity contribution in [2.75, 3.05) is 29.9 Å². The largest absolute Gasteiger partial charge is 0.372 e. The molecule has 4 nitrogen and oxygen atoms in total. The van der Waals surface area contributed by atoms with Crippen molar-refractivity contribution in [3.8, 4) is 0 Å². The number of benzene rings is 2. The van der Waals surface area contributed by atoms with Gasteiger partial charge in [0.25, 0.3) is 0 Å². The van der Waals surface area contributed by atoms with E-state index in [1.807, 2.05) is 18.2 Å². The van der Waals surface area contributed by atoms with Crippen LogP contribution in [0.3, 0.4) is 0 Å². The van der Waals surface area contributed by atoms with E-state index in [0.29, 0.717) is 23.0 Å². The molecule has 2 aromatic rings. The Morgan fingerprint density at radius 2 is 1.76 bits per heavy atom. The number of carbonyl (C=O) groups is 1. The molecule has 132 valence electrons. The van der Waals surface area contributed by atoms with Crippen LogP contribution in [0.15, 0.2) is 42.5 Å². The standard InChI is InChI=1S/C19H21Cl2N3O/c20-15-4-3-14(18(21)13-15)9-10-22-19(25)23-16-5-7-17(8-6-16)24-11-1-2-12-24/h3-8,13H,1-2,9-12H2,(H2,22,23,25). The van der Waals surface area contributed by atoms with Crippen LogP contribution in [0.2, 0.25) is 10.0 Å². The maximum absolute atomic E-state index is 12.0. The molecule has 1 aliphatic rings. The SMILES string of the molecule is O=C(NCCc1ccc(Cl)cc1Cl)Nc1ccc(N2CCCC2)cc1. The highest BCUT2D eigenvalue weighted by molar-refractivity contribution is 6.35. The highest BCUT2D eigenvalue weighted by atomic mass is 35.5. The molecule has 0 unspecified atom stereocenters. The molecular formula is C19H21Cl2N3O. The summed E-state index contributed by atoms with van der Waals surface area (Å²) in [6.45, 7) is 2.72. The van der Waals surface area contributed by atoms with Crippen molar-refractivity contribution in [3.05, 3.63) is 58.1 Å². The summed E-state index contributed by atoms with van der Waals surface area (Å²) in [7, 11) is 0. The van der Waals surface area contributed by atoms with Gasteiger partial charge in [0, 0.05) is 41.1 Å². The molecule has 0 spiro atoms. The molecule has 1 aliphatic heterocycles. The average molecular weight is 378 g/mol. The number of hydrogen-bond donors (Lipinski definition) is 2. The maximum atomic E-state index is 12.0. The highest BCUT2D eigenvalue weighted by Gasteiger charge is 2.12. The summed E-state index contributed by atoms with van der Waals surface area (Å²) in [4.78, 5) is 14.4. The highest BCUT2D eigenvalue weighted by Crippen LogP contribution is 2.22. The molecule has 3 rings (SSSR count). The van der Waals surface area contributed by atoms with Gasteiger partial charge in [-0.05, 0) is 61.2 Å². The lowest BCUT2D eigenvalue weighted by Crippen LogP contribution is -2.30. The van der Waals surface area contributed by atoms with Crippen LogP contribution in [0.1, 0.15) is 18.4 Å². The first-order chi connectivity index (χ1) is 12.1. The van der Waals surface area contributed by atoms with Gasteiger partial charge in [0.1, 0.15) is 0 Å². The first-order valence-corrected chi connectivity index (χ1v) is 9.21. The normalized spacial score (nSPS) is 13.8. The van der Waals surface area contributed by atoms with Crippen molar-refractivity contribution in [2.24, 2.45) is 0 Å². The van der Waals surface area contributed by atoms with Crippen molar-refractivity contribution in [1.29, 1.82) is 0 Å². The molecule has 0 atom stereocenters. The molecular weight excluding hydrogens is 357 g/mol. The predicted molar refractivity (Wildman–Crippen MR) is 105 cm³/mol. The number of urea groups is 1. The molecule has 1 saturated heterocycles. The summed E-state index contributed by atoms with van der Waals surface area (Å²) < 4.78 is 0. The van der Waals surface area contributed by atoms with Crippen LogP contribution in [-0.2, 0) is 6.42 Å². The molecule has 1 heterocycles. The van der Waals surface area contributed by atoms with E-state index < -0.39 is 0 Å². The van der Waals surface area contributed by atoms with E-state index in [0.717, 1.165) is 24.3 Å². The molecule has 6 heteroatoms. The van der Waals surface area contributed by atoms with Gasteiger partial charge in [-0.2, -0.15) is 0 Å². The molecule has 25 heavy (non-hydrogen) atoms. The molecule has 2 N–H and O–H groups in total. The molecule has 0 aromatic heterocycles. The van der Waals surface area contributed by atoms with Crippen LogP contribution in [-0.4, -0.2) is 25.7 Å². The first-order valence-electron chi connectivity index (χ1n) is 8.45. The van der Waals surface area contributed by atoms with E-state index >= 15 is 0 Å². The van der Waals surface area contributed by atoms with Crippen molar-refractivity contribution in [3.63, 3.8) is 0 Å². The van der Waals surface area contributed by atoms with Gasteiger partial charge in [0.2, 0.25) is 0 Å². The number of anilines is 2. The second-order valence-electron chi connectivity index (χ2n) is 6.11. The fourth-order valence-electron chi connectivity index (χ4n) is 2.94. The van der Waals surface area contributed by atoms with Crippen molar-refractivity contribution in [1.82, 2.24) is 5.32 Å². The van der Waals surface area contributed by atoms with E-state index in [9.17, 15) is 4.79 Å². The fraction of sp³-hybridized carbons (Fsp3) is 0.316. The zero-order valence-corrected chi connectivity index (χ0v) is 15.4. The molecule has 0 aliphatic carbocycles. The second-order valence-corrected chi connectivity index (χ2v) is 6.95. The number of nitrogens with zero attached hydrogens (tertiary/aromatic N) is 1. The third-order valence-electron chi connectivity index (χ3n) is 4.29. The predicted octanol–water partition coefficient (Wildman–Crippen LogP) is 4.96. The van der Waals surface area contributed by atoms with E-state index in [-0.39, 0.29) is 6.03 Å². The molecule has 0 bridgehead atoms. The lowest BCUT2D eigenvalue weighted by molar-refractivity contribution is 0.252. The van der Waals surface area contributed by atoms with Crippen LogP contribution >= 0.6 is 23.2 Å². The Labute approximate surface area is 158 Å². The van der Waals surface area contributed by atoms with Crippen LogP contribution < -0.4 is 15.5 Å². The Hall–Kier alpha value is -1.91. The van der Waals surface area contributed by atoms with Gasteiger partial charge in [-0.25, -0.2) is 4.79 Å². The van der Waals surface area contributed by atoms with Crippen LogP contribution in [0, 0.1) is 0 Å². The van der Waals surface area contributed by atoms with E-state index in [2.05, 4.69) is 27.7 Å². The van der Waals surface area contributed by atoms with Crippen molar-refractivity contribution in [2.45, 2.75) is 19.3 Å². The van der Waals surface area contributed by atoms with Crippen molar-refractivity contribution < 1.29 is 4.79 Å². The molecule has 2 aromatic carbocycles. The Bertz CT molecular complexity index is 728. The smallest absolute Gasteiger partial charge is 0.319 e. The summed E-state index contributed by atoms with van der Waals surface area (Å²) in [5, 5.41) is 6.91. The molecule has 1 fully saturated rings. The minimum atomic E-state index is -0.223. The zero-order valence-electron chi connectivity index (χ0n) is 13.9. The number of halogens is 2. The summed E-state index contributed by atoms with van der Waals surface area (Å²) in [5.41, 5.74) is 2.95. The van der Waals surface area contributed by atoms with Crippen LogP contribution in [0.25, 0.3) is 0 Å². The Morgan fingerprint density at radius 1 is 1.04 bits per heavy atom. The van der Waals surface area contributed by atoms with E-state index in [4.69, 9.17) is 23.2 Å². The van der Waals surface area contributed by atoms with Gasteiger partial charge in [-0.1, -0.05) is 29.3 Å². The number of hydrogen-bond acceptors (Lipinski definition) is 2. The lowest BCUT2D eigenvalue weighted by Gasteiger charge is -2.17. The third-order valence-corrected chi connectivity index (χ3v) is 4.88. The molecule has 0 radical (unpaired) electrons. The van der Waals surface area contributed by atoms with Gasteiger partial charge in [-0.3, -0.25) is 0 Å². The van der Waals surface area contributed by atoms with Gasteiger partial charge in [0.05, 0.1) is 0 Å². The lowest BCUT2D eigenvalue weighted by atomic mass is 10.1. The monoisotopic (exact) mass is 377 g/mol. The van der Waals surface area contributed by atoms with Crippen LogP contribution in [0.4, 0.5) is 16.2 Å². The van der Waals surface area contributed by atoms with Gasteiger partial charge < -0.3 is 15.5 Å². The maximum Gasteiger partial charge on any atom is 0.319 e. The minimum absolute atomic E-state index is 0.223. The number of carbonyl (C=O) groups excluding carboxylic acids is 1. The first kappa shape index (κ1) is 17.9. The van der Waals surface area contributed by atoms with Gasteiger partial charge in [0.15, 0.2) is 0 Å². The van der Waals surface area contributed by atoms with E-state index in [1.165, 1.54) is 18.5 Å². The number of rotatable bonds is 5. The van der Waals surface area contributed by atoms with Gasteiger partial charge >= 0.3 is 6.03 Å². The summed E-state index contributed by atoms with van der Waals surface area (Å²) in [5.74, 6) is 0. The van der Waals surface area contributed by atoms with Crippen molar-refractivity contribution >= 4 is 40.6 Å². The Morgan fingerprint density at radius 3 is 2.44 bits per heavy atom. The Balaban J connectivity index is 1.45. The third kappa shape index (κ3) is 5.03. The van der Waals surface area contributed by atoms with Gasteiger partial charge in [-0.15, -0.1) is 0 Å². The second kappa shape index (κ2) is 8.45. The average Bonchev–Trinajstić information content (AvgIpc) is 3.12. The van der Waals surface area contributed by atoms with E-state index in [1.54, 1.807) is 12.1 Å². The summed E-state index contributed by atoms with van der Waals surface area (Å²) in [6.07, 6.45) is 3.15. The van der Waals surface area contributed by atoms with Crippen LogP contribution in [0.5, 0.6) is 0 Å². The zero-order chi connectivity index (χ0) is 17.6. The number of nitrogens with one attached hydrogen (secondary N) is 2. The quantitative estimate of drug-likeness (QED) is 0.773. The fourth-order valence-corrected chi connectivity index (χ4v) is 3.44. The summed E-state index contributed by atoms with van der Waals surface area (Å²) in [6, 6.07) is 13.1.